The molecule has 162 valence electrons. The average Bonchev–Trinajstić information content (AvgIpc) is 3.50. The number of likely N-dealkylation sites (tertiary alicyclic amines) is 1. The summed E-state index contributed by atoms with van der Waals surface area (Å²) in [7, 11) is 0. The van der Waals surface area contributed by atoms with Crippen molar-refractivity contribution >= 4 is 41.0 Å². The van der Waals surface area contributed by atoms with E-state index in [1.54, 1.807) is 30.3 Å². The largest absolute Gasteiger partial charge is 0.503 e. The van der Waals surface area contributed by atoms with Crippen LogP contribution in [0.4, 0.5) is 0 Å². The first-order valence-corrected chi connectivity index (χ1v) is 10.9. The number of furan rings is 1. The summed E-state index contributed by atoms with van der Waals surface area (Å²) in [4.78, 5) is 29.8. The van der Waals surface area contributed by atoms with Crippen LogP contribution in [-0.4, -0.2) is 52.8 Å². The number of aliphatic hydroxyl groups excluding tert-OH is 1. The van der Waals surface area contributed by atoms with Crippen molar-refractivity contribution in [2.45, 2.75) is 18.9 Å². The Morgan fingerprint density at radius 2 is 1.94 bits per heavy atom. The van der Waals surface area contributed by atoms with Crippen LogP contribution in [0.2, 0.25) is 10.0 Å². The molecule has 1 unspecified atom stereocenters. The van der Waals surface area contributed by atoms with Crippen molar-refractivity contribution in [1.29, 1.82) is 0 Å². The number of ketones is 1. The van der Waals surface area contributed by atoms with E-state index >= 15 is 0 Å². The van der Waals surface area contributed by atoms with Crippen molar-refractivity contribution in [1.82, 2.24) is 9.80 Å². The molecule has 3 heterocycles. The van der Waals surface area contributed by atoms with Crippen molar-refractivity contribution in [3.05, 3.63) is 75.4 Å². The van der Waals surface area contributed by atoms with Gasteiger partial charge in [0.25, 0.3) is 5.91 Å². The molecule has 1 N–H and O–H groups in total. The number of nitrogens with zero attached hydrogens (tertiary/aromatic N) is 2. The van der Waals surface area contributed by atoms with Crippen molar-refractivity contribution in [2.24, 2.45) is 0 Å². The van der Waals surface area contributed by atoms with Gasteiger partial charge in [-0.1, -0.05) is 29.3 Å². The first-order valence-electron chi connectivity index (χ1n) is 10.1. The Hall–Kier alpha value is -2.54. The highest BCUT2D eigenvalue weighted by Crippen LogP contribution is 2.39. The van der Waals surface area contributed by atoms with Crippen LogP contribution in [-0.2, 0) is 9.59 Å². The molecule has 0 radical (unpaired) electrons. The van der Waals surface area contributed by atoms with Crippen molar-refractivity contribution < 1.29 is 19.1 Å². The van der Waals surface area contributed by atoms with Gasteiger partial charge in [0, 0.05) is 13.1 Å². The van der Waals surface area contributed by atoms with Gasteiger partial charge in [0.15, 0.2) is 11.5 Å². The first kappa shape index (κ1) is 21.7. The van der Waals surface area contributed by atoms with Gasteiger partial charge in [-0.2, -0.15) is 0 Å². The maximum Gasteiger partial charge on any atom is 0.290 e. The minimum Gasteiger partial charge on any atom is -0.503 e. The Bertz CT molecular complexity index is 1040. The standard InChI is InChI=1S/C23H22Cl2N2O4/c24-17-7-5-15(14-18(17)25)21-20(19(28)8-6-16-4-3-13-31-16)22(29)23(30)27(21)12-11-26-9-1-2-10-26/h3-8,13-14,21,29H,1-2,9-12H2/b8-6+. The zero-order chi connectivity index (χ0) is 22.0. The monoisotopic (exact) mass is 460 g/mol. The van der Waals surface area contributed by atoms with E-state index in [1.165, 1.54) is 23.3 Å². The number of hydrogen-bond donors (Lipinski definition) is 1. The highest BCUT2D eigenvalue weighted by atomic mass is 35.5. The number of aliphatic hydroxyl groups is 1. The minimum atomic E-state index is -0.751. The summed E-state index contributed by atoms with van der Waals surface area (Å²) >= 11 is 12.3. The van der Waals surface area contributed by atoms with Gasteiger partial charge >= 0.3 is 0 Å². The molecule has 1 aromatic carbocycles. The van der Waals surface area contributed by atoms with Crippen LogP contribution in [0.5, 0.6) is 0 Å². The van der Waals surface area contributed by atoms with E-state index in [-0.39, 0.29) is 5.57 Å². The lowest BCUT2D eigenvalue weighted by atomic mass is 9.95. The molecule has 1 amide bonds. The molecule has 1 atom stereocenters. The number of carbonyl (C=O) groups is 2. The third-order valence-corrected chi connectivity index (χ3v) is 6.37. The highest BCUT2D eigenvalue weighted by Gasteiger charge is 2.43. The summed E-state index contributed by atoms with van der Waals surface area (Å²) in [5, 5.41) is 11.3. The fourth-order valence-corrected chi connectivity index (χ4v) is 4.36. The lowest BCUT2D eigenvalue weighted by Crippen LogP contribution is -2.37. The topological polar surface area (TPSA) is 74.0 Å². The first-order chi connectivity index (χ1) is 15.0. The zero-order valence-electron chi connectivity index (χ0n) is 16.8. The summed E-state index contributed by atoms with van der Waals surface area (Å²) in [5.41, 5.74) is 0.635. The number of carbonyl (C=O) groups excluding carboxylic acids is 2. The number of halogens is 2. The predicted molar refractivity (Wildman–Crippen MR) is 119 cm³/mol. The summed E-state index contributed by atoms with van der Waals surface area (Å²) in [6, 6.07) is 7.64. The fourth-order valence-electron chi connectivity index (χ4n) is 4.05. The quantitative estimate of drug-likeness (QED) is 0.608. The van der Waals surface area contributed by atoms with Gasteiger partial charge in [-0.05, 0) is 67.9 Å². The molecule has 1 aromatic heterocycles. The third-order valence-electron chi connectivity index (χ3n) is 5.63. The van der Waals surface area contributed by atoms with E-state index in [0.717, 1.165) is 25.9 Å². The van der Waals surface area contributed by atoms with E-state index in [9.17, 15) is 14.7 Å². The molecule has 2 aromatic rings. The Labute approximate surface area is 190 Å². The Balaban J connectivity index is 1.66. The van der Waals surface area contributed by atoms with Crippen LogP contribution in [0.1, 0.15) is 30.2 Å². The maximum atomic E-state index is 13.0. The SMILES string of the molecule is O=C(/C=C/c1ccco1)C1=C(O)C(=O)N(CCN2CCCC2)C1c1ccc(Cl)c(Cl)c1. The fraction of sp³-hybridized carbons (Fsp3) is 0.304. The van der Waals surface area contributed by atoms with Crippen LogP contribution >= 0.6 is 23.2 Å². The van der Waals surface area contributed by atoms with Gasteiger partial charge in [0.05, 0.1) is 27.9 Å². The van der Waals surface area contributed by atoms with E-state index in [1.807, 2.05) is 0 Å². The van der Waals surface area contributed by atoms with Gasteiger partial charge < -0.3 is 19.3 Å². The maximum absolute atomic E-state index is 13.0. The molecule has 0 aliphatic carbocycles. The average molecular weight is 461 g/mol. The van der Waals surface area contributed by atoms with Gasteiger partial charge in [-0.3, -0.25) is 9.59 Å². The summed E-state index contributed by atoms with van der Waals surface area (Å²) in [5.74, 6) is -1.08. The molecule has 4 rings (SSSR count). The van der Waals surface area contributed by atoms with Crippen LogP contribution in [0, 0.1) is 0 Å². The molecule has 0 saturated carbocycles. The lowest BCUT2D eigenvalue weighted by Gasteiger charge is -2.28. The normalized spacial score (nSPS) is 19.9. The molecule has 0 bridgehead atoms. The Morgan fingerprint density at radius 3 is 2.61 bits per heavy atom. The molecular weight excluding hydrogens is 439 g/mol. The van der Waals surface area contributed by atoms with E-state index in [0.29, 0.717) is 34.5 Å². The van der Waals surface area contributed by atoms with E-state index in [2.05, 4.69) is 4.90 Å². The summed E-state index contributed by atoms with van der Waals surface area (Å²) < 4.78 is 5.22. The molecule has 2 aliphatic rings. The van der Waals surface area contributed by atoms with Gasteiger partial charge in [-0.15, -0.1) is 0 Å². The van der Waals surface area contributed by atoms with Crippen LogP contribution < -0.4 is 0 Å². The van der Waals surface area contributed by atoms with Crippen molar-refractivity contribution in [3.63, 3.8) is 0 Å². The van der Waals surface area contributed by atoms with Crippen LogP contribution in [0.3, 0.4) is 0 Å². The van der Waals surface area contributed by atoms with Crippen molar-refractivity contribution in [3.8, 4) is 0 Å². The molecule has 8 heteroatoms. The zero-order valence-corrected chi connectivity index (χ0v) is 18.3. The molecule has 1 fully saturated rings. The Kier molecular flexibility index (Phi) is 6.51. The predicted octanol–water partition coefficient (Wildman–Crippen LogP) is 4.66. The lowest BCUT2D eigenvalue weighted by molar-refractivity contribution is -0.129. The number of amides is 1. The highest BCUT2D eigenvalue weighted by molar-refractivity contribution is 6.42. The third kappa shape index (κ3) is 4.56. The van der Waals surface area contributed by atoms with Crippen LogP contribution in [0.15, 0.2) is 58.4 Å². The number of benzene rings is 1. The number of rotatable bonds is 7. The summed E-state index contributed by atoms with van der Waals surface area (Å²) in [6.07, 6.45) is 6.57. The van der Waals surface area contributed by atoms with Gasteiger partial charge in [0.1, 0.15) is 5.76 Å². The number of allylic oxidation sites excluding steroid dienone is 1. The molecule has 31 heavy (non-hydrogen) atoms. The molecule has 1 saturated heterocycles. The smallest absolute Gasteiger partial charge is 0.290 e. The molecule has 0 spiro atoms. The molecule has 6 nitrogen and oxygen atoms in total. The second-order valence-corrected chi connectivity index (χ2v) is 8.41. The second kappa shape index (κ2) is 9.30. The van der Waals surface area contributed by atoms with Gasteiger partial charge in [-0.25, -0.2) is 0 Å². The molecule has 2 aliphatic heterocycles. The molecular formula is C23H22Cl2N2O4. The van der Waals surface area contributed by atoms with E-state index < -0.39 is 23.5 Å². The van der Waals surface area contributed by atoms with Gasteiger partial charge in [0.2, 0.25) is 0 Å². The second-order valence-electron chi connectivity index (χ2n) is 7.60. The number of hydrogen-bond acceptors (Lipinski definition) is 5. The van der Waals surface area contributed by atoms with Crippen LogP contribution in [0.25, 0.3) is 6.08 Å². The Morgan fingerprint density at radius 1 is 1.16 bits per heavy atom. The van der Waals surface area contributed by atoms with E-state index in [4.69, 9.17) is 27.6 Å². The summed E-state index contributed by atoms with van der Waals surface area (Å²) in [6.45, 7) is 3.01. The van der Waals surface area contributed by atoms with Crippen molar-refractivity contribution in [2.75, 3.05) is 26.2 Å². The minimum absolute atomic E-state index is 0.0209.